The number of carbonyl (C=O) groups excluding carboxylic acids is 2. The van der Waals surface area contributed by atoms with Crippen molar-refractivity contribution >= 4 is 11.8 Å². The van der Waals surface area contributed by atoms with E-state index in [-0.39, 0.29) is 12.0 Å². The van der Waals surface area contributed by atoms with E-state index in [4.69, 9.17) is 5.73 Å². The summed E-state index contributed by atoms with van der Waals surface area (Å²) >= 11 is 0. The molecular formula is C19H19F3N2O3. The number of aliphatic hydroxyl groups excluding tert-OH is 1. The first-order valence-electron chi connectivity index (χ1n) is 8.08. The summed E-state index contributed by atoms with van der Waals surface area (Å²) in [6.07, 6.45) is -6.12. The number of amides is 2. The van der Waals surface area contributed by atoms with E-state index in [1.54, 1.807) is 12.1 Å². The zero-order valence-corrected chi connectivity index (χ0v) is 14.5. The van der Waals surface area contributed by atoms with Gasteiger partial charge in [-0.15, -0.1) is 0 Å². The molecule has 0 spiro atoms. The predicted octanol–water partition coefficient (Wildman–Crippen LogP) is 2.26. The van der Waals surface area contributed by atoms with Crippen molar-refractivity contribution in [3.63, 3.8) is 0 Å². The van der Waals surface area contributed by atoms with E-state index in [0.29, 0.717) is 0 Å². The molecular weight excluding hydrogens is 361 g/mol. The van der Waals surface area contributed by atoms with Gasteiger partial charge in [0.15, 0.2) is 6.10 Å². The number of alkyl halides is 3. The van der Waals surface area contributed by atoms with Crippen LogP contribution in [0.2, 0.25) is 0 Å². The Morgan fingerprint density at radius 1 is 1.15 bits per heavy atom. The van der Waals surface area contributed by atoms with Gasteiger partial charge in [0.2, 0.25) is 5.91 Å². The molecule has 0 aliphatic carbocycles. The molecule has 5 nitrogen and oxygen atoms in total. The lowest BCUT2D eigenvalue weighted by Crippen LogP contribution is -2.47. The van der Waals surface area contributed by atoms with Crippen LogP contribution in [0.15, 0.2) is 48.5 Å². The van der Waals surface area contributed by atoms with Crippen LogP contribution in [-0.4, -0.2) is 23.0 Å². The highest BCUT2D eigenvalue weighted by Gasteiger charge is 2.31. The highest BCUT2D eigenvalue weighted by molar-refractivity contribution is 5.89. The quantitative estimate of drug-likeness (QED) is 0.718. The smallest absolute Gasteiger partial charge is 0.378 e. The largest absolute Gasteiger partial charge is 0.416 e. The van der Waals surface area contributed by atoms with Gasteiger partial charge in [0.05, 0.1) is 5.56 Å². The number of carbonyl (C=O) groups is 2. The van der Waals surface area contributed by atoms with Crippen LogP contribution >= 0.6 is 0 Å². The van der Waals surface area contributed by atoms with Gasteiger partial charge >= 0.3 is 6.18 Å². The molecule has 0 saturated heterocycles. The summed E-state index contributed by atoms with van der Waals surface area (Å²) in [5.41, 5.74) is 6.13. The first kappa shape index (κ1) is 20.4. The molecule has 2 aromatic rings. The molecule has 2 amide bonds. The van der Waals surface area contributed by atoms with E-state index in [1.807, 2.05) is 19.1 Å². The van der Waals surface area contributed by atoms with Gasteiger partial charge in [-0.05, 0) is 30.2 Å². The molecule has 0 aromatic heterocycles. The van der Waals surface area contributed by atoms with Crippen LogP contribution in [0.3, 0.4) is 0 Å². The topological polar surface area (TPSA) is 92.4 Å². The number of nitrogens with two attached hydrogens (primary N) is 1. The highest BCUT2D eigenvalue weighted by atomic mass is 19.4. The third-order valence-electron chi connectivity index (χ3n) is 3.98. The normalized spacial score (nSPS) is 13.7. The van der Waals surface area contributed by atoms with Crippen molar-refractivity contribution < 1.29 is 27.9 Å². The van der Waals surface area contributed by atoms with Gasteiger partial charge in [-0.25, -0.2) is 0 Å². The summed E-state index contributed by atoms with van der Waals surface area (Å²) in [4.78, 5) is 23.8. The summed E-state index contributed by atoms with van der Waals surface area (Å²) in [7, 11) is 0. The Morgan fingerprint density at radius 3 is 2.30 bits per heavy atom. The van der Waals surface area contributed by atoms with Gasteiger partial charge in [0.25, 0.3) is 5.91 Å². The number of aryl methyl sites for hydroxylation is 1. The van der Waals surface area contributed by atoms with Crippen LogP contribution in [0.25, 0.3) is 0 Å². The minimum absolute atomic E-state index is 0.0284. The van der Waals surface area contributed by atoms with Crippen molar-refractivity contribution in [1.82, 2.24) is 5.32 Å². The van der Waals surface area contributed by atoms with Crippen molar-refractivity contribution in [2.75, 3.05) is 0 Å². The van der Waals surface area contributed by atoms with E-state index in [0.717, 1.165) is 35.4 Å². The molecule has 2 atom stereocenters. The number of hydrogen-bond donors (Lipinski definition) is 3. The minimum atomic E-state index is -4.52. The van der Waals surface area contributed by atoms with Gasteiger partial charge in [0.1, 0.15) is 6.04 Å². The third kappa shape index (κ3) is 5.55. The Morgan fingerprint density at radius 2 is 1.78 bits per heavy atom. The molecule has 0 heterocycles. The number of primary amides is 1. The van der Waals surface area contributed by atoms with Crippen LogP contribution in [0.4, 0.5) is 13.2 Å². The number of hydrogen-bond acceptors (Lipinski definition) is 3. The Labute approximate surface area is 154 Å². The standard InChI is InChI=1S/C19H19F3N2O3/c1-11-3-2-4-12(9-11)10-15(17(23)26)24-18(27)16(25)13-5-7-14(8-6-13)19(20,21)22/h2-9,15-16,25H,10H2,1H3,(H2,23,26)(H,24,27)/t15-,16-/m0/s1. The first-order valence-corrected chi connectivity index (χ1v) is 8.08. The van der Waals surface area contributed by atoms with Gasteiger partial charge in [-0.2, -0.15) is 13.2 Å². The number of nitrogens with one attached hydrogen (secondary N) is 1. The fraction of sp³-hybridized carbons (Fsp3) is 0.263. The van der Waals surface area contributed by atoms with Crippen LogP contribution in [0.5, 0.6) is 0 Å². The maximum Gasteiger partial charge on any atom is 0.416 e. The number of benzene rings is 2. The molecule has 4 N–H and O–H groups in total. The Kier molecular flexibility index (Phi) is 6.22. The van der Waals surface area contributed by atoms with Gasteiger partial charge in [0, 0.05) is 6.42 Å². The second-order valence-electron chi connectivity index (χ2n) is 6.18. The monoisotopic (exact) mass is 380 g/mol. The average Bonchev–Trinajstić information content (AvgIpc) is 2.59. The van der Waals surface area contributed by atoms with Gasteiger partial charge in [-0.3, -0.25) is 9.59 Å². The summed E-state index contributed by atoms with van der Waals surface area (Å²) in [6, 6.07) is 9.74. The molecule has 2 rings (SSSR count). The summed E-state index contributed by atoms with van der Waals surface area (Å²) in [5, 5.41) is 12.4. The summed E-state index contributed by atoms with van der Waals surface area (Å²) < 4.78 is 37.7. The maximum absolute atomic E-state index is 12.6. The SMILES string of the molecule is Cc1cccc(C[C@H](NC(=O)[C@@H](O)c2ccc(C(F)(F)F)cc2)C(N)=O)c1. The van der Waals surface area contributed by atoms with E-state index in [1.165, 1.54) is 0 Å². The van der Waals surface area contributed by atoms with Crippen LogP contribution in [-0.2, 0) is 22.2 Å². The number of halogens is 3. The average molecular weight is 380 g/mol. The Hall–Kier alpha value is -2.87. The molecule has 0 aliphatic rings. The van der Waals surface area contributed by atoms with Crippen molar-refractivity contribution in [3.8, 4) is 0 Å². The molecule has 0 bridgehead atoms. The molecule has 0 saturated carbocycles. The van der Waals surface area contributed by atoms with E-state index < -0.39 is 35.7 Å². The van der Waals surface area contributed by atoms with E-state index >= 15 is 0 Å². The fourth-order valence-corrected chi connectivity index (χ4v) is 2.55. The highest BCUT2D eigenvalue weighted by Crippen LogP contribution is 2.30. The molecule has 144 valence electrons. The van der Waals surface area contributed by atoms with Gasteiger partial charge < -0.3 is 16.2 Å². The molecule has 8 heteroatoms. The lowest BCUT2D eigenvalue weighted by Gasteiger charge is -2.19. The second-order valence-corrected chi connectivity index (χ2v) is 6.18. The lowest BCUT2D eigenvalue weighted by molar-refractivity contribution is -0.137. The third-order valence-corrected chi connectivity index (χ3v) is 3.98. The molecule has 0 fully saturated rings. The van der Waals surface area contributed by atoms with Crippen LogP contribution in [0, 0.1) is 6.92 Å². The molecule has 0 aliphatic heterocycles. The predicted molar refractivity (Wildman–Crippen MR) is 92.4 cm³/mol. The second kappa shape index (κ2) is 8.22. The Balaban J connectivity index is 2.09. The van der Waals surface area contributed by atoms with Crippen molar-refractivity contribution in [3.05, 3.63) is 70.8 Å². The summed E-state index contributed by atoms with van der Waals surface area (Å²) in [5.74, 6) is -1.71. The summed E-state index contributed by atoms with van der Waals surface area (Å²) in [6.45, 7) is 1.87. The molecule has 2 aromatic carbocycles. The maximum atomic E-state index is 12.6. The minimum Gasteiger partial charge on any atom is -0.378 e. The lowest BCUT2D eigenvalue weighted by atomic mass is 10.0. The Bertz CT molecular complexity index is 820. The van der Waals surface area contributed by atoms with Crippen molar-refractivity contribution in [1.29, 1.82) is 0 Å². The van der Waals surface area contributed by atoms with Crippen LogP contribution < -0.4 is 11.1 Å². The van der Waals surface area contributed by atoms with Crippen LogP contribution in [0.1, 0.15) is 28.4 Å². The van der Waals surface area contributed by atoms with Crippen molar-refractivity contribution in [2.24, 2.45) is 5.73 Å². The zero-order chi connectivity index (χ0) is 20.2. The molecule has 0 unspecified atom stereocenters. The fourth-order valence-electron chi connectivity index (χ4n) is 2.55. The first-order chi connectivity index (χ1) is 12.6. The molecule has 27 heavy (non-hydrogen) atoms. The van der Waals surface area contributed by atoms with E-state index in [9.17, 15) is 27.9 Å². The zero-order valence-electron chi connectivity index (χ0n) is 14.5. The van der Waals surface area contributed by atoms with Crippen molar-refractivity contribution in [2.45, 2.75) is 31.7 Å². The molecule has 0 radical (unpaired) electrons. The number of aliphatic hydroxyl groups is 1. The number of rotatable bonds is 6. The van der Waals surface area contributed by atoms with Gasteiger partial charge in [-0.1, -0.05) is 42.0 Å². The van der Waals surface area contributed by atoms with E-state index in [2.05, 4.69) is 5.32 Å².